The second-order valence-electron chi connectivity index (χ2n) is 6.61. The smallest absolute Gasteiger partial charge is 0.351 e. The minimum Gasteiger partial charge on any atom is -0.476 e. The van der Waals surface area contributed by atoms with Crippen LogP contribution in [0.25, 0.3) is 0 Å². The van der Waals surface area contributed by atoms with Crippen molar-refractivity contribution in [2.75, 3.05) is 6.54 Å². The van der Waals surface area contributed by atoms with Crippen molar-refractivity contribution < 1.29 is 23.9 Å². The third-order valence-corrected chi connectivity index (χ3v) is 4.07. The van der Waals surface area contributed by atoms with Gasteiger partial charge in [0, 0.05) is 17.1 Å². The van der Waals surface area contributed by atoms with Gasteiger partial charge >= 0.3 is 12.0 Å². The van der Waals surface area contributed by atoms with E-state index in [4.69, 9.17) is 21.1 Å². The lowest BCUT2D eigenvalue weighted by Crippen LogP contribution is -2.45. The Labute approximate surface area is 174 Å². The van der Waals surface area contributed by atoms with E-state index in [9.17, 15) is 14.4 Å². The summed E-state index contributed by atoms with van der Waals surface area (Å²) in [6.45, 7) is 5.10. The highest BCUT2D eigenvalue weighted by atomic mass is 35.5. The molecule has 2 rings (SSSR count). The van der Waals surface area contributed by atoms with E-state index in [0.29, 0.717) is 22.9 Å². The van der Waals surface area contributed by atoms with Crippen LogP contribution in [0.2, 0.25) is 5.02 Å². The number of benzene rings is 2. The number of halogens is 1. The predicted molar refractivity (Wildman–Crippen MR) is 109 cm³/mol. The quantitative estimate of drug-likeness (QED) is 0.669. The van der Waals surface area contributed by atoms with E-state index in [2.05, 4.69) is 10.6 Å². The average Bonchev–Trinajstić information content (AvgIpc) is 2.68. The van der Waals surface area contributed by atoms with E-state index in [0.717, 1.165) is 0 Å². The van der Waals surface area contributed by atoms with E-state index in [-0.39, 0.29) is 0 Å². The highest BCUT2D eigenvalue weighted by Crippen LogP contribution is 2.25. The molecule has 0 fully saturated rings. The summed E-state index contributed by atoms with van der Waals surface area (Å²) in [4.78, 5) is 37.1. The number of rotatable bonds is 7. The van der Waals surface area contributed by atoms with Gasteiger partial charge in [-0.3, -0.25) is 10.1 Å². The lowest BCUT2D eigenvalue weighted by Gasteiger charge is -2.27. The van der Waals surface area contributed by atoms with Crippen LogP contribution in [-0.2, 0) is 14.3 Å². The Balaban J connectivity index is 2.18. The molecule has 3 amide bonds. The number of hydrogen-bond acceptors (Lipinski definition) is 5. The Morgan fingerprint density at radius 1 is 1.03 bits per heavy atom. The zero-order valence-electron chi connectivity index (χ0n) is 16.4. The molecule has 0 radical (unpaired) electrons. The van der Waals surface area contributed by atoms with Crippen molar-refractivity contribution in [1.82, 2.24) is 10.6 Å². The van der Waals surface area contributed by atoms with Crippen LogP contribution in [0, 0.1) is 0 Å². The number of carbonyl (C=O) groups is 3. The molecule has 0 heterocycles. The summed E-state index contributed by atoms with van der Waals surface area (Å²) in [6, 6.07) is 14.2. The number of ether oxygens (including phenoxy) is 2. The minimum absolute atomic E-state index is 0.344. The highest BCUT2D eigenvalue weighted by molar-refractivity contribution is 6.30. The van der Waals surface area contributed by atoms with Crippen LogP contribution >= 0.6 is 11.6 Å². The second kappa shape index (κ2) is 9.93. The molecule has 0 spiro atoms. The van der Waals surface area contributed by atoms with E-state index in [1.807, 2.05) is 0 Å². The lowest BCUT2D eigenvalue weighted by atomic mass is 10.1. The largest absolute Gasteiger partial charge is 0.476 e. The van der Waals surface area contributed by atoms with Crippen LogP contribution in [0.1, 0.15) is 32.4 Å². The fourth-order valence-corrected chi connectivity index (χ4v) is 2.50. The molecular weight excluding hydrogens is 396 g/mol. The van der Waals surface area contributed by atoms with Crippen LogP contribution in [0.4, 0.5) is 4.79 Å². The first kappa shape index (κ1) is 22.2. The van der Waals surface area contributed by atoms with Crippen LogP contribution < -0.4 is 15.4 Å². The van der Waals surface area contributed by atoms with E-state index < -0.39 is 29.6 Å². The van der Waals surface area contributed by atoms with Gasteiger partial charge in [0.15, 0.2) is 5.60 Å². The summed E-state index contributed by atoms with van der Waals surface area (Å²) in [5.74, 6) is -1.12. The van der Waals surface area contributed by atoms with Crippen LogP contribution in [0.15, 0.2) is 54.6 Å². The molecule has 8 heteroatoms. The maximum atomic E-state index is 12.8. The molecule has 0 unspecified atom stereocenters. The number of hydrogen-bond donors (Lipinski definition) is 2. The van der Waals surface area contributed by atoms with Crippen molar-refractivity contribution in [3.05, 3.63) is 65.2 Å². The van der Waals surface area contributed by atoms with Gasteiger partial charge in [-0.15, -0.1) is 0 Å². The van der Waals surface area contributed by atoms with E-state index in [1.54, 1.807) is 61.5 Å². The van der Waals surface area contributed by atoms with Crippen molar-refractivity contribution in [2.24, 2.45) is 0 Å². The molecular formula is C21H23ClN2O5. The van der Waals surface area contributed by atoms with Crippen molar-refractivity contribution in [1.29, 1.82) is 0 Å². The summed E-state index contributed by atoms with van der Waals surface area (Å²) in [6.07, 6.45) is -1.32. The zero-order chi connectivity index (χ0) is 21.4. The fraction of sp³-hybridized carbons (Fsp3) is 0.286. The highest BCUT2D eigenvalue weighted by Gasteiger charge is 2.36. The molecule has 0 saturated heterocycles. The second-order valence-corrected chi connectivity index (χ2v) is 7.05. The predicted octanol–water partition coefficient (Wildman–Crippen LogP) is 3.63. The van der Waals surface area contributed by atoms with Crippen LogP contribution in [-0.4, -0.2) is 30.1 Å². The van der Waals surface area contributed by atoms with Gasteiger partial charge in [0.1, 0.15) is 5.75 Å². The maximum absolute atomic E-state index is 12.8. The summed E-state index contributed by atoms with van der Waals surface area (Å²) < 4.78 is 11.2. The van der Waals surface area contributed by atoms with Gasteiger partial charge in [0.25, 0.3) is 5.91 Å². The third kappa shape index (κ3) is 6.50. The van der Waals surface area contributed by atoms with Gasteiger partial charge < -0.3 is 14.8 Å². The van der Waals surface area contributed by atoms with Gasteiger partial charge in [-0.05, 0) is 45.0 Å². The molecule has 1 atom stereocenters. The zero-order valence-corrected chi connectivity index (χ0v) is 17.2. The molecule has 0 saturated carbocycles. The van der Waals surface area contributed by atoms with E-state index >= 15 is 0 Å². The number of carbonyl (C=O) groups excluding carboxylic acids is 3. The monoisotopic (exact) mass is 418 g/mol. The minimum atomic E-state index is -1.40. The number of esters is 1. The average molecular weight is 419 g/mol. The molecule has 7 nitrogen and oxygen atoms in total. The normalized spacial score (nSPS) is 11.9. The van der Waals surface area contributed by atoms with Gasteiger partial charge in [-0.25, -0.2) is 9.59 Å². The molecule has 0 aromatic heterocycles. The maximum Gasteiger partial charge on any atom is 0.351 e. The van der Waals surface area contributed by atoms with Gasteiger partial charge in [-0.2, -0.15) is 0 Å². The van der Waals surface area contributed by atoms with Crippen LogP contribution in [0.5, 0.6) is 5.75 Å². The number of urea groups is 1. The number of amides is 3. The van der Waals surface area contributed by atoms with Crippen molar-refractivity contribution in [3.63, 3.8) is 0 Å². The molecule has 2 N–H and O–H groups in total. The molecule has 2 aromatic rings. The first-order valence-corrected chi connectivity index (χ1v) is 9.40. The Hall–Kier alpha value is -3.06. The first-order valence-electron chi connectivity index (χ1n) is 9.02. The molecule has 0 aliphatic heterocycles. The molecule has 29 heavy (non-hydrogen) atoms. The van der Waals surface area contributed by atoms with Gasteiger partial charge in [-0.1, -0.05) is 41.9 Å². The molecule has 154 valence electrons. The first-order chi connectivity index (χ1) is 13.7. The molecule has 0 bridgehead atoms. The number of imide groups is 1. The summed E-state index contributed by atoms with van der Waals surface area (Å²) in [5.41, 5.74) is -0.975. The summed E-state index contributed by atoms with van der Waals surface area (Å²) >= 11 is 5.86. The summed E-state index contributed by atoms with van der Waals surface area (Å²) in [7, 11) is 0. The van der Waals surface area contributed by atoms with Crippen molar-refractivity contribution >= 4 is 29.5 Å². The molecule has 0 aliphatic carbocycles. The Bertz CT molecular complexity index is 853. The molecule has 0 aliphatic rings. The lowest BCUT2D eigenvalue weighted by molar-refractivity contribution is -0.169. The standard InChI is InChI=1S/C21H23ClN2O5/c1-4-23-20(27)24-18(25)17(14-8-6-5-7-9-14)28-19(26)21(2,3)29-16-12-10-15(22)11-13-16/h5-13,17H,4H2,1-3H3,(H2,23,24,25,27)/t17-/m0/s1. The fourth-order valence-electron chi connectivity index (χ4n) is 2.37. The van der Waals surface area contributed by atoms with Crippen molar-refractivity contribution in [2.45, 2.75) is 32.5 Å². The molecule has 2 aromatic carbocycles. The van der Waals surface area contributed by atoms with Crippen molar-refractivity contribution in [3.8, 4) is 5.75 Å². The Morgan fingerprint density at radius 2 is 1.66 bits per heavy atom. The summed E-state index contributed by atoms with van der Waals surface area (Å²) in [5, 5.41) is 5.16. The topological polar surface area (TPSA) is 93.7 Å². The third-order valence-electron chi connectivity index (χ3n) is 3.82. The Morgan fingerprint density at radius 3 is 2.24 bits per heavy atom. The van der Waals surface area contributed by atoms with E-state index in [1.165, 1.54) is 13.8 Å². The Kier molecular flexibility index (Phi) is 7.61. The number of nitrogens with one attached hydrogen (secondary N) is 2. The van der Waals surface area contributed by atoms with Crippen LogP contribution in [0.3, 0.4) is 0 Å². The SMILES string of the molecule is CCNC(=O)NC(=O)[C@@H](OC(=O)C(C)(C)Oc1ccc(Cl)cc1)c1ccccc1. The van der Waals surface area contributed by atoms with Gasteiger partial charge in [0.05, 0.1) is 0 Å². The van der Waals surface area contributed by atoms with Gasteiger partial charge in [0.2, 0.25) is 6.10 Å².